The van der Waals surface area contributed by atoms with Crippen molar-refractivity contribution in [3.8, 4) is 0 Å². The molecule has 274 valence electrons. The Labute approximate surface area is 293 Å². The summed E-state index contributed by atoms with van der Waals surface area (Å²) < 4.78 is 55.9. The number of sulfonamides is 1. The molecule has 0 aliphatic carbocycles. The Balaban J connectivity index is 1.33. The van der Waals surface area contributed by atoms with E-state index in [1.807, 2.05) is 43.9 Å². The van der Waals surface area contributed by atoms with E-state index in [4.69, 9.17) is 9.47 Å². The Bertz CT molecular complexity index is 1670. The van der Waals surface area contributed by atoms with Crippen LogP contribution in [0, 0.1) is 17.7 Å². The van der Waals surface area contributed by atoms with E-state index >= 15 is 4.39 Å². The van der Waals surface area contributed by atoms with Gasteiger partial charge in [0.25, 0.3) is 0 Å². The molecule has 5 atom stereocenters. The molecule has 3 aliphatic rings. The summed E-state index contributed by atoms with van der Waals surface area (Å²) >= 11 is 0. The van der Waals surface area contributed by atoms with Crippen LogP contribution in [0.1, 0.15) is 45.6 Å². The van der Waals surface area contributed by atoms with Crippen molar-refractivity contribution < 1.29 is 37.0 Å². The van der Waals surface area contributed by atoms with Crippen molar-refractivity contribution in [1.29, 1.82) is 0 Å². The number of hydrogen-bond donors (Lipinski definition) is 2. The first-order valence-electron chi connectivity index (χ1n) is 17.2. The molecule has 0 saturated carbocycles. The van der Waals surface area contributed by atoms with Gasteiger partial charge in [0.2, 0.25) is 10.0 Å². The second kappa shape index (κ2) is 16.5. The maximum absolute atomic E-state index is 15.0. The first-order valence-corrected chi connectivity index (χ1v) is 18.7. The van der Waals surface area contributed by atoms with Gasteiger partial charge in [-0.2, -0.15) is 9.40 Å². The Hall–Kier alpha value is -3.79. The number of rotatable bonds is 6. The zero-order chi connectivity index (χ0) is 36.0. The van der Waals surface area contributed by atoms with Crippen molar-refractivity contribution in [2.75, 3.05) is 57.3 Å². The van der Waals surface area contributed by atoms with Crippen LogP contribution < -0.4 is 10.2 Å². The van der Waals surface area contributed by atoms with Gasteiger partial charge in [0.05, 0.1) is 18.7 Å². The quantitative estimate of drug-likeness (QED) is 0.338. The van der Waals surface area contributed by atoms with Crippen LogP contribution in [0.15, 0.2) is 53.2 Å². The number of aliphatic hydroxyl groups excluding tert-OH is 1. The Morgan fingerprint density at radius 3 is 2.48 bits per heavy atom. The summed E-state index contributed by atoms with van der Waals surface area (Å²) in [7, 11) is -2.03. The van der Waals surface area contributed by atoms with Gasteiger partial charge in [-0.05, 0) is 61.1 Å². The fourth-order valence-electron chi connectivity index (χ4n) is 6.56. The molecule has 1 amide bonds. The lowest BCUT2D eigenvalue weighted by Gasteiger charge is -2.35. The van der Waals surface area contributed by atoms with Crippen LogP contribution in [0.4, 0.5) is 14.9 Å². The fourth-order valence-corrected chi connectivity index (χ4v) is 7.97. The number of carbonyl (C=O) groups excluding carboxylic acids is 2. The van der Waals surface area contributed by atoms with Crippen molar-refractivity contribution >= 4 is 33.8 Å². The molecule has 1 unspecified atom stereocenters. The number of piperazine rings is 2. The molecule has 0 spiro atoms. The summed E-state index contributed by atoms with van der Waals surface area (Å²) in [5.74, 6) is -1.44. The lowest BCUT2D eigenvalue weighted by Crippen LogP contribution is -2.48. The van der Waals surface area contributed by atoms with Gasteiger partial charge in [-0.15, -0.1) is 0 Å². The summed E-state index contributed by atoms with van der Waals surface area (Å²) in [6.07, 6.45) is 6.43. The maximum atomic E-state index is 15.0. The molecule has 13 nitrogen and oxygen atoms in total. The van der Waals surface area contributed by atoms with Crippen LogP contribution in [0.5, 0.6) is 0 Å². The van der Waals surface area contributed by atoms with Crippen molar-refractivity contribution in [2.24, 2.45) is 18.9 Å². The van der Waals surface area contributed by atoms with Gasteiger partial charge in [0, 0.05) is 77.2 Å². The largest absolute Gasteiger partial charge is 0.457 e. The highest BCUT2D eigenvalue weighted by molar-refractivity contribution is 7.89. The molecular weight excluding hydrogens is 667 g/mol. The van der Waals surface area contributed by atoms with Gasteiger partial charge in [-0.3, -0.25) is 9.48 Å². The predicted octanol–water partition coefficient (Wildman–Crippen LogP) is 3.17. The van der Waals surface area contributed by atoms with Crippen LogP contribution in [0.2, 0.25) is 0 Å². The molecule has 3 aliphatic heterocycles. The molecule has 1 aromatic heterocycles. The predicted molar refractivity (Wildman–Crippen MR) is 186 cm³/mol. The van der Waals surface area contributed by atoms with Gasteiger partial charge in [-0.25, -0.2) is 17.6 Å². The number of nitrogens with zero attached hydrogens (tertiary/aromatic N) is 5. The molecule has 2 fully saturated rings. The van der Waals surface area contributed by atoms with Gasteiger partial charge >= 0.3 is 12.1 Å². The Kier molecular flexibility index (Phi) is 12.4. The van der Waals surface area contributed by atoms with Gasteiger partial charge in [0.15, 0.2) is 0 Å². The SMILES string of the molecule is C/C(=C\c1cc(F)cc(N2CCN(S(=O)(=O)c3cnn(C)c3)CC2)c1)[C@H]1OC(=O)CC(O)CC[C@H](C)[C@@H](OC(=O)N2CCNCC2)C=C[C@@H]1C. The van der Waals surface area contributed by atoms with Crippen LogP contribution in [0.25, 0.3) is 6.08 Å². The molecule has 2 saturated heterocycles. The van der Waals surface area contributed by atoms with Crippen LogP contribution in [0.3, 0.4) is 0 Å². The Morgan fingerprint density at radius 1 is 1.08 bits per heavy atom. The molecule has 2 aromatic rings. The van der Waals surface area contributed by atoms with E-state index in [1.165, 1.54) is 33.5 Å². The molecule has 50 heavy (non-hydrogen) atoms. The smallest absolute Gasteiger partial charge is 0.410 e. The second-order valence-electron chi connectivity index (χ2n) is 13.5. The number of benzene rings is 1. The monoisotopic (exact) mass is 716 g/mol. The highest BCUT2D eigenvalue weighted by atomic mass is 32.2. The molecule has 2 N–H and O–H groups in total. The summed E-state index contributed by atoms with van der Waals surface area (Å²) in [6, 6.07) is 4.64. The average Bonchev–Trinajstić information content (AvgIpc) is 3.54. The summed E-state index contributed by atoms with van der Waals surface area (Å²) in [4.78, 5) is 29.7. The summed E-state index contributed by atoms with van der Waals surface area (Å²) in [5.41, 5.74) is 1.82. The molecule has 1 aromatic carbocycles. The number of ether oxygens (including phenoxy) is 2. The number of amides is 1. The summed E-state index contributed by atoms with van der Waals surface area (Å²) in [5, 5.41) is 17.8. The number of esters is 1. The molecule has 0 bridgehead atoms. The number of aliphatic hydroxyl groups is 1. The molecule has 0 radical (unpaired) electrons. The van der Waals surface area contributed by atoms with E-state index in [0.29, 0.717) is 68.9 Å². The number of nitrogens with one attached hydrogen (secondary N) is 1. The Morgan fingerprint density at radius 2 is 1.80 bits per heavy atom. The fraction of sp³-hybridized carbons (Fsp3) is 0.571. The number of halogens is 1. The zero-order valence-electron chi connectivity index (χ0n) is 29.2. The zero-order valence-corrected chi connectivity index (χ0v) is 30.0. The molecular formula is C35H49FN6O7S. The van der Waals surface area contributed by atoms with Crippen molar-refractivity contribution in [2.45, 2.75) is 63.2 Å². The topological polar surface area (TPSA) is 147 Å². The third kappa shape index (κ3) is 9.50. The highest BCUT2D eigenvalue weighted by Crippen LogP contribution is 2.28. The van der Waals surface area contributed by atoms with Crippen molar-refractivity contribution in [3.05, 3.63) is 59.7 Å². The van der Waals surface area contributed by atoms with E-state index < -0.39 is 40.1 Å². The highest BCUT2D eigenvalue weighted by Gasteiger charge is 2.31. The minimum Gasteiger partial charge on any atom is -0.457 e. The van der Waals surface area contributed by atoms with Crippen molar-refractivity contribution in [3.63, 3.8) is 0 Å². The third-order valence-electron chi connectivity index (χ3n) is 9.54. The number of cyclic esters (lactones) is 1. The number of carbonyl (C=O) groups is 2. The van der Waals surface area contributed by atoms with E-state index in [0.717, 1.165) is 0 Å². The van der Waals surface area contributed by atoms with Gasteiger partial charge < -0.3 is 29.7 Å². The van der Waals surface area contributed by atoms with Crippen LogP contribution >= 0.6 is 0 Å². The van der Waals surface area contributed by atoms with Crippen LogP contribution in [-0.2, 0) is 31.3 Å². The molecule has 4 heterocycles. The van der Waals surface area contributed by atoms with Crippen molar-refractivity contribution in [1.82, 2.24) is 24.3 Å². The first kappa shape index (κ1) is 37.5. The maximum Gasteiger partial charge on any atom is 0.410 e. The van der Waals surface area contributed by atoms with Crippen LogP contribution in [-0.4, -0.2) is 115 Å². The normalized spacial score (nSPS) is 26.6. The van der Waals surface area contributed by atoms with E-state index in [-0.39, 0.29) is 42.3 Å². The molecule has 5 rings (SSSR count). The lowest BCUT2D eigenvalue weighted by atomic mass is 9.91. The number of anilines is 1. The number of aromatic nitrogens is 2. The average molecular weight is 717 g/mol. The first-order chi connectivity index (χ1) is 23.8. The second-order valence-corrected chi connectivity index (χ2v) is 15.5. The van der Waals surface area contributed by atoms with E-state index in [1.54, 1.807) is 18.0 Å². The van der Waals surface area contributed by atoms with E-state index in [2.05, 4.69) is 10.4 Å². The van der Waals surface area contributed by atoms with Gasteiger partial charge in [-0.1, -0.05) is 26.0 Å². The minimum absolute atomic E-state index is 0.103. The van der Waals surface area contributed by atoms with E-state index in [9.17, 15) is 23.1 Å². The lowest BCUT2D eigenvalue weighted by molar-refractivity contribution is -0.151. The van der Waals surface area contributed by atoms with Gasteiger partial charge in [0.1, 0.15) is 22.9 Å². The number of aryl methyl sites for hydroxylation is 1. The standard InChI is InChI=1S/C35H49FN6O7S/c1-24-5-7-30(43)21-33(44)49-34(25(2)6-8-32(24)48-35(45)41-11-9-37-10-12-41)26(3)17-27-18-28(36)20-29(19-27)40-13-15-42(16-14-40)50(46,47)31-22-38-39(4)23-31/h6,8,17-20,22-25,30,32,34,37,43H,5,7,9-16,21H2,1-4H3/b8-6?,26-17+/t24-,25-,30?,32-,34-/m0/s1. The summed E-state index contributed by atoms with van der Waals surface area (Å²) in [6.45, 7) is 9.40. The molecule has 15 heteroatoms. The minimum atomic E-state index is -3.69. The third-order valence-corrected chi connectivity index (χ3v) is 11.4. The number of hydrogen-bond acceptors (Lipinski definition) is 10.